The van der Waals surface area contributed by atoms with Crippen LogP contribution in [0.4, 0.5) is 17.1 Å². The van der Waals surface area contributed by atoms with E-state index in [1.165, 1.54) is 4.90 Å². The normalized spacial score (nSPS) is 13.1. The van der Waals surface area contributed by atoms with Gasteiger partial charge in [-0.2, -0.15) is 0 Å². The molecule has 1 heteroatoms. The van der Waals surface area contributed by atoms with E-state index >= 15 is 0 Å². The van der Waals surface area contributed by atoms with Crippen molar-refractivity contribution in [2.24, 2.45) is 0 Å². The van der Waals surface area contributed by atoms with Gasteiger partial charge in [-0.25, -0.2) is 0 Å². The molecular weight excluding hydrogens is 687 g/mol. The first kappa shape index (κ1) is 26.3. The van der Waals surface area contributed by atoms with Gasteiger partial charge in [0.05, 0.1) is 11.0 Å². The Morgan fingerprint density at radius 1 is 0.281 bits per heavy atom. The van der Waals surface area contributed by atoms with E-state index in [1.807, 2.05) is 164 Å². The predicted molar refractivity (Wildman–Crippen MR) is 243 cm³/mol. The Balaban J connectivity index is 1.20. The molecule has 0 atom stereocenters. The summed E-state index contributed by atoms with van der Waals surface area (Å²) in [4.78, 5) is 1.36. The summed E-state index contributed by atoms with van der Waals surface area (Å²) in [6.07, 6.45) is 0. The van der Waals surface area contributed by atoms with Crippen LogP contribution in [-0.4, -0.2) is 0 Å². The van der Waals surface area contributed by atoms with Gasteiger partial charge in [0.25, 0.3) is 0 Å². The van der Waals surface area contributed by atoms with Crippen molar-refractivity contribution < 1.29 is 11.0 Å². The molecule has 0 N–H and O–H groups in total. The summed E-state index contributed by atoms with van der Waals surface area (Å²) in [6.45, 7) is 0. The number of nitrogens with zero attached hydrogens (tertiary/aromatic N) is 1. The monoisotopic (exact) mass is 733 g/mol. The molecule has 0 saturated heterocycles. The Kier molecular flexibility index (Phi) is 6.92. The van der Waals surface area contributed by atoms with Crippen molar-refractivity contribution in [1.29, 1.82) is 0 Å². The summed E-state index contributed by atoms with van der Waals surface area (Å²) in [6, 6.07) is 57.0. The van der Waals surface area contributed by atoms with Gasteiger partial charge in [-0.1, -0.05) is 194 Å². The molecule has 0 amide bonds. The molecule has 0 unspecified atom stereocenters. The Morgan fingerprint density at radius 2 is 0.789 bits per heavy atom. The van der Waals surface area contributed by atoms with Crippen molar-refractivity contribution in [3.63, 3.8) is 0 Å². The fourth-order valence-corrected chi connectivity index (χ4v) is 7.63. The number of benzene rings is 10. The van der Waals surface area contributed by atoms with E-state index < -0.39 is 24.2 Å². The van der Waals surface area contributed by atoms with Crippen LogP contribution in [0.5, 0.6) is 0 Å². The van der Waals surface area contributed by atoms with Crippen LogP contribution in [0.1, 0.15) is 11.0 Å². The molecule has 10 rings (SSSR count). The third kappa shape index (κ3) is 6.66. The molecule has 10 aromatic carbocycles. The highest BCUT2D eigenvalue weighted by atomic mass is 15.1. The van der Waals surface area contributed by atoms with Gasteiger partial charge in [0.15, 0.2) is 0 Å². The maximum absolute atomic E-state index is 9.74. The Hall–Kier alpha value is -7.48. The molecule has 268 valence electrons. The lowest BCUT2D eigenvalue weighted by molar-refractivity contribution is 1.28. The standard InChI is InChI=1S/C56H39N/c1-3-13-40(14-4-1)47-20-11-21-48(39-47)41-25-32-49(33-26-41)57(50-34-27-44(28-35-50)53-24-12-19-42-15-7-9-22-52(42)53)51-36-29-45(30-37-51)55-38-31-43-16-8-10-23-54(43)56(55)46-17-5-2-6-18-46/h1-39H/i25D,26D,29D,30D,32D,33D,36D,37D. The molecule has 1 nitrogen and oxygen atoms in total. The number of hydrogen-bond acceptors (Lipinski definition) is 1. The highest BCUT2D eigenvalue weighted by molar-refractivity contribution is 6.04. The summed E-state index contributed by atoms with van der Waals surface area (Å²) in [5, 5.41) is 3.96. The van der Waals surface area contributed by atoms with E-state index in [4.69, 9.17) is 0 Å². The van der Waals surface area contributed by atoms with Gasteiger partial charge >= 0.3 is 0 Å². The maximum atomic E-state index is 9.74. The molecule has 0 radical (unpaired) electrons. The largest absolute Gasteiger partial charge is 0.311 e. The van der Waals surface area contributed by atoms with Gasteiger partial charge in [-0.15, -0.1) is 0 Å². The third-order valence-corrected chi connectivity index (χ3v) is 10.4. The SMILES string of the molecule is [2H]c1c([2H])c(N(c2ccc(-c3cccc4ccccc34)cc2)c2c([2H])c([2H])c(-c3ccc4ccccc4c3-c3ccccc3)c([2H])c2[2H])c([2H])c([2H])c1-c1cccc(-c2ccccc2)c1. The molecule has 57 heavy (non-hydrogen) atoms. The van der Waals surface area contributed by atoms with Crippen LogP contribution in [0.25, 0.3) is 77.2 Å². The number of fused-ring (bicyclic) bond motifs is 2. The van der Waals surface area contributed by atoms with E-state index in [9.17, 15) is 11.0 Å². The van der Waals surface area contributed by atoms with Crippen LogP contribution in [0, 0.1) is 0 Å². The average Bonchev–Trinajstić information content (AvgIpc) is 3.35. The Morgan fingerprint density at radius 3 is 1.47 bits per heavy atom. The van der Waals surface area contributed by atoms with Crippen molar-refractivity contribution >= 4 is 38.6 Å². The molecular formula is C56H39N. The topological polar surface area (TPSA) is 3.24 Å². The smallest absolute Gasteiger partial charge is 0.0645 e. The zero-order chi connectivity index (χ0) is 44.9. The first-order chi connectivity index (χ1) is 31.6. The summed E-state index contributed by atoms with van der Waals surface area (Å²) in [5.74, 6) is 0. The van der Waals surface area contributed by atoms with Crippen molar-refractivity contribution in [1.82, 2.24) is 0 Å². The number of hydrogen-bond donors (Lipinski definition) is 0. The fraction of sp³-hybridized carbons (Fsp3) is 0. The molecule has 0 fully saturated rings. The summed E-state index contributed by atoms with van der Waals surface area (Å²) < 4.78 is 76.9. The molecule has 0 spiro atoms. The minimum Gasteiger partial charge on any atom is -0.311 e. The van der Waals surface area contributed by atoms with Gasteiger partial charge in [0.2, 0.25) is 0 Å². The van der Waals surface area contributed by atoms with Crippen molar-refractivity contribution in [3.8, 4) is 55.6 Å². The lowest BCUT2D eigenvalue weighted by Crippen LogP contribution is -2.09. The van der Waals surface area contributed by atoms with Crippen molar-refractivity contribution in [2.45, 2.75) is 0 Å². The molecule has 0 saturated carbocycles. The van der Waals surface area contributed by atoms with Gasteiger partial charge in [-0.3, -0.25) is 0 Å². The van der Waals surface area contributed by atoms with Gasteiger partial charge in [0, 0.05) is 17.1 Å². The summed E-state index contributed by atoms with van der Waals surface area (Å²) in [5.41, 5.74) is 6.41. The average molecular weight is 734 g/mol. The number of anilines is 3. The van der Waals surface area contributed by atoms with Crippen LogP contribution in [0.3, 0.4) is 0 Å². The first-order valence-corrected chi connectivity index (χ1v) is 18.9. The van der Waals surface area contributed by atoms with Crippen LogP contribution < -0.4 is 4.90 Å². The lowest BCUT2D eigenvalue weighted by Gasteiger charge is -2.26. The zero-order valence-electron chi connectivity index (χ0n) is 38.8. The third-order valence-electron chi connectivity index (χ3n) is 10.4. The van der Waals surface area contributed by atoms with Crippen molar-refractivity contribution in [3.05, 3.63) is 236 Å². The van der Waals surface area contributed by atoms with Gasteiger partial charge in [0.1, 0.15) is 0 Å². The molecule has 0 aliphatic heterocycles. The van der Waals surface area contributed by atoms with Gasteiger partial charge in [-0.05, 0) is 120 Å². The van der Waals surface area contributed by atoms with E-state index in [2.05, 4.69) is 6.07 Å². The molecule has 0 aliphatic rings. The highest BCUT2D eigenvalue weighted by Gasteiger charge is 2.16. The minimum absolute atomic E-state index is 0.104. The summed E-state index contributed by atoms with van der Waals surface area (Å²) >= 11 is 0. The van der Waals surface area contributed by atoms with Crippen LogP contribution >= 0.6 is 0 Å². The molecule has 0 bridgehead atoms. The van der Waals surface area contributed by atoms with E-state index in [-0.39, 0.29) is 46.7 Å². The second kappa shape index (κ2) is 15.0. The first-order valence-electron chi connectivity index (χ1n) is 22.9. The zero-order valence-corrected chi connectivity index (χ0v) is 30.8. The Bertz CT molecular complexity index is 3400. The molecule has 0 heterocycles. The fourth-order valence-electron chi connectivity index (χ4n) is 7.63. The highest BCUT2D eigenvalue weighted by Crippen LogP contribution is 2.42. The van der Waals surface area contributed by atoms with E-state index in [1.54, 1.807) is 18.2 Å². The minimum atomic E-state index is -0.400. The Labute approximate surface area is 345 Å². The lowest BCUT2D eigenvalue weighted by atomic mass is 9.90. The van der Waals surface area contributed by atoms with Crippen LogP contribution in [0.2, 0.25) is 0 Å². The molecule has 0 aliphatic carbocycles. The second-order valence-electron chi connectivity index (χ2n) is 13.9. The quantitative estimate of drug-likeness (QED) is 0.150. The van der Waals surface area contributed by atoms with E-state index in [0.717, 1.165) is 54.9 Å². The number of rotatable bonds is 8. The predicted octanol–water partition coefficient (Wildman–Crippen LogP) is 15.8. The molecule has 0 aromatic heterocycles. The summed E-state index contributed by atoms with van der Waals surface area (Å²) in [7, 11) is 0. The molecule has 10 aromatic rings. The van der Waals surface area contributed by atoms with E-state index in [0.29, 0.717) is 16.8 Å². The van der Waals surface area contributed by atoms with Crippen LogP contribution in [-0.2, 0) is 0 Å². The van der Waals surface area contributed by atoms with Crippen molar-refractivity contribution in [2.75, 3.05) is 4.90 Å². The van der Waals surface area contributed by atoms with Crippen LogP contribution in [0.15, 0.2) is 236 Å². The maximum Gasteiger partial charge on any atom is 0.0645 e. The van der Waals surface area contributed by atoms with Gasteiger partial charge < -0.3 is 4.90 Å². The second-order valence-corrected chi connectivity index (χ2v) is 13.9.